The fourth-order valence-corrected chi connectivity index (χ4v) is 3.48. The number of carbonyl (C=O) groups is 1. The molecule has 0 bridgehead atoms. The van der Waals surface area contributed by atoms with E-state index in [1.807, 2.05) is 69.3 Å². The Balaban J connectivity index is 1.86. The van der Waals surface area contributed by atoms with Crippen molar-refractivity contribution in [2.75, 3.05) is 13.1 Å². The molecule has 1 fully saturated rings. The highest BCUT2D eigenvalue weighted by atomic mass is 16.6. The maximum absolute atomic E-state index is 12.6. The van der Waals surface area contributed by atoms with Crippen molar-refractivity contribution < 1.29 is 14.3 Å². The number of carbonyl (C=O) groups excluding carboxylic acids is 1. The number of benzene rings is 1. The molecule has 1 aliphatic heterocycles. The third-order valence-corrected chi connectivity index (χ3v) is 4.98. The van der Waals surface area contributed by atoms with Gasteiger partial charge in [-0.2, -0.15) is 5.26 Å². The second-order valence-electron chi connectivity index (χ2n) is 8.26. The summed E-state index contributed by atoms with van der Waals surface area (Å²) >= 11 is 0. The fourth-order valence-electron chi connectivity index (χ4n) is 3.48. The first kappa shape index (κ1) is 20.8. The van der Waals surface area contributed by atoms with Gasteiger partial charge in [-0.1, -0.05) is 36.4 Å². The molecule has 0 saturated carbocycles. The van der Waals surface area contributed by atoms with Crippen molar-refractivity contribution in [1.82, 2.24) is 9.88 Å². The van der Waals surface area contributed by atoms with Crippen LogP contribution in [0, 0.1) is 11.3 Å². The van der Waals surface area contributed by atoms with Gasteiger partial charge in [0.1, 0.15) is 11.0 Å². The summed E-state index contributed by atoms with van der Waals surface area (Å²) in [6, 6.07) is 17.8. The maximum atomic E-state index is 12.6. The van der Waals surface area contributed by atoms with Crippen molar-refractivity contribution in [2.45, 2.75) is 50.9 Å². The second-order valence-corrected chi connectivity index (χ2v) is 8.26. The van der Waals surface area contributed by atoms with Crippen LogP contribution in [0.1, 0.15) is 38.4 Å². The van der Waals surface area contributed by atoms with Gasteiger partial charge in [0.2, 0.25) is 0 Å². The van der Waals surface area contributed by atoms with Gasteiger partial charge in [0, 0.05) is 12.7 Å². The minimum atomic E-state index is -0.922. The number of aromatic nitrogens is 1. The molecule has 1 aliphatic rings. The second kappa shape index (κ2) is 8.62. The fraction of sp³-hybridized carbons (Fsp3) is 0.435. The Morgan fingerprint density at radius 1 is 1.24 bits per heavy atom. The molecule has 0 N–H and O–H groups in total. The Morgan fingerprint density at radius 2 is 1.97 bits per heavy atom. The van der Waals surface area contributed by atoms with Gasteiger partial charge < -0.3 is 14.4 Å². The molecule has 0 aliphatic carbocycles. The van der Waals surface area contributed by atoms with Crippen molar-refractivity contribution in [2.24, 2.45) is 0 Å². The standard InChI is InChI=1S/C23H27N3O3/c1-22(2,3)29-21(27)26-14-12-23(17-24,19-11-7-8-13-25-19)20(15-26)28-16-18-9-5-4-6-10-18/h4-11,13,20H,12,14-16H2,1-3H3/t20-,23-/m1/s1. The van der Waals surface area contributed by atoms with Crippen LogP contribution < -0.4 is 0 Å². The molecule has 6 heteroatoms. The summed E-state index contributed by atoms with van der Waals surface area (Å²) in [5, 5.41) is 10.2. The van der Waals surface area contributed by atoms with Gasteiger partial charge in [0.25, 0.3) is 0 Å². The minimum absolute atomic E-state index is 0.270. The summed E-state index contributed by atoms with van der Waals surface area (Å²) < 4.78 is 11.8. The third kappa shape index (κ3) is 4.93. The van der Waals surface area contributed by atoms with E-state index in [2.05, 4.69) is 11.1 Å². The topological polar surface area (TPSA) is 75.5 Å². The lowest BCUT2D eigenvalue weighted by Gasteiger charge is -2.43. The van der Waals surface area contributed by atoms with E-state index in [1.54, 1.807) is 11.1 Å². The van der Waals surface area contributed by atoms with Crippen LogP contribution in [0.4, 0.5) is 4.79 Å². The van der Waals surface area contributed by atoms with Gasteiger partial charge >= 0.3 is 6.09 Å². The van der Waals surface area contributed by atoms with E-state index in [1.165, 1.54) is 0 Å². The molecular weight excluding hydrogens is 366 g/mol. The average molecular weight is 393 g/mol. The van der Waals surface area contributed by atoms with Crippen LogP contribution in [0.15, 0.2) is 54.7 Å². The van der Waals surface area contributed by atoms with Crippen LogP contribution in [-0.4, -0.2) is 40.8 Å². The quantitative estimate of drug-likeness (QED) is 0.783. The van der Waals surface area contributed by atoms with Crippen molar-refractivity contribution in [3.8, 4) is 6.07 Å². The summed E-state index contributed by atoms with van der Waals surface area (Å²) in [6.07, 6.45) is 1.20. The Morgan fingerprint density at radius 3 is 2.59 bits per heavy atom. The zero-order valence-electron chi connectivity index (χ0n) is 17.2. The normalized spacial score (nSPS) is 22.0. The van der Waals surface area contributed by atoms with Crippen LogP contribution in [0.5, 0.6) is 0 Å². The summed E-state index contributed by atoms with van der Waals surface area (Å²) in [7, 11) is 0. The molecule has 2 heterocycles. The van der Waals surface area contributed by atoms with Crippen molar-refractivity contribution >= 4 is 6.09 Å². The lowest BCUT2D eigenvalue weighted by molar-refractivity contribution is -0.0532. The third-order valence-electron chi connectivity index (χ3n) is 4.98. The van der Waals surface area contributed by atoms with Gasteiger partial charge in [-0.25, -0.2) is 4.79 Å². The Labute approximate surface area is 172 Å². The first-order valence-corrected chi connectivity index (χ1v) is 9.80. The summed E-state index contributed by atoms with van der Waals surface area (Å²) in [4.78, 5) is 18.7. The van der Waals surface area contributed by atoms with Gasteiger partial charge in [0.05, 0.1) is 31.0 Å². The Kier molecular flexibility index (Phi) is 6.19. The zero-order chi connectivity index (χ0) is 20.9. The SMILES string of the molecule is CC(C)(C)OC(=O)N1CC[C@@](C#N)(c2ccccn2)[C@H](OCc2ccccc2)C1. The molecular formula is C23H27N3O3. The molecule has 2 atom stereocenters. The summed E-state index contributed by atoms with van der Waals surface area (Å²) in [6.45, 7) is 6.54. The molecule has 1 aromatic carbocycles. The van der Waals surface area contributed by atoms with Crippen LogP contribution in [0.25, 0.3) is 0 Å². The van der Waals surface area contributed by atoms with E-state index in [9.17, 15) is 10.1 Å². The number of hydrogen-bond acceptors (Lipinski definition) is 5. The first-order chi connectivity index (χ1) is 13.8. The van der Waals surface area contributed by atoms with Gasteiger partial charge in [0.15, 0.2) is 0 Å². The number of nitriles is 1. The van der Waals surface area contributed by atoms with E-state index in [0.717, 1.165) is 5.56 Å². The van der Waals surface area contributed by atoms with Crippen molar-refractivity contribution in [1.29, 1.82) is 5.26 Å². The molecule has 1 amide bonds. The molecule has 6 nitrogen and oxygen atoms in total. The van der Waals surface area contributed by atoms with Crippen LogP contribution in [0.2, 0.25) is 0 Å². The molecule has 0 radical (unpaired) electrons. The van der Waals surface area contributed by atoms with E-state index < -0.39 is 23.2 Å². The predicted molar refractivity (Wildman–Crippen MR) is 109 cm³/mol. The lowest BCUT2D eigenvalue weighted by atomic mass is 9.74. The number of amides is 1. The van der Waals surface area contributed by atoms with Crippen LogP contribution in [0.3, 0.4) is 0 Å². The smallest absolute Gasteiger partial charge is 0.410 e. The molecule has 1 saturated heterocycles. The Hall–Kier alpha value is -2.91. The Bertz CT molecular complexity index is 858. The molecule has 152 valence electrons. The first-order valence-electron chi connectivity index (χ1n) is 9.80. The zero-order valence-corrected chi connectivity index (χ0v) is 17.2. The lowest BCUT2D eigenvalue weighted by Crippen LogP contribution is -2.56. The average Bonchev–Trinajstić information content (AvgIpc) is 2.72. The van der Waals surface area contributed by atoms with E-state index in [0.29, 0.717) is 25.3 Å². The number of rotatable bonds is 4. The monoisotopic (exact) mass is 393 g/mol. The molecule has 0 spiro atoms. The van der Waals surface area contributed by atoms with E-state index in [4.69, 9.17) is 9.47 Å². The van der Waals surface area contributed by atoms with Crippen molar-refractivity contribution in [3.63, 3.8) is 0 Å². The molecule has 3 rings (SSSR count). The van der Waals surface area contributed by atoms with E-state index >= 15 is 0 Å². The van der Waals surface area contributed by atoms with Gasteiger partial charge in [-0.05, 0) is 44.9 Å². The van der Waals surface area contributed by atoms with Crippen molar-refractivity contribution in [3.05, 3.63) is 66.0 Å². The molecule has 1 aromatic heterocycles. The number of hydrogen-bond donors (Lipinski definition) is 0. The summed E-state index contributed by atoms with van der Waals surface area (Å²) in [5.74, 6) is 0. The summed E-state index contributed by atoms with van der Waals surface area (Å²) in [5.41, 5.74) is 0.177. The number of nitrogens with zero attached hydrogens (tertiary/aromatic N) is 3. The van der Waals surface area contributed by atoms with Gasteiger partial charge in [-0.3, -0.25) is 4.98 Å². The predicted octanol–water partition coefficient (Wildman–Crippen LogP) is 4.07. The highest BCUT2D eigenvalue weighted by Gasteiger charge is 2.48. The number of ether oxygens (including phenoxy) is 2. The highest BCUT2D eigenvalue weighted by Crippen LogP contribution is 2.37. The minimum Gasteiger partial charge on any atom is -0.444 e. The highest BCUT2D eigenvalue weighted by molar-refractivity contribution is 5.68. The molecule has 0 unspecified atom stereocenters. The van der Waals surface area contributed by atoms with Crippen LogP contribution >= 0.6 is 0 Å². The van der Waals surface area contributed by atoms with Crippen LogP contribution in [-0.2, 0) is 21.5 Å². The number of pyridine rings is 1. The maximum Gasteiger partial charge on any atom is 0.410 e. The number of likely N-dealkylation sites (tertiary alicyclic amines) is 1. The van der Waals surface area contributed by atoms with E-state index in [-0.39, 0.29) is 6.54 Å². The number of piperidine rings is 1. The van der Waals surface area contributed by atoms with Gasteiger partial charge in [-0.15, -0.1) is 0 Å². The largest absolute Gasteiger partial charge is 0.444 e. The molecule has 2 aromatic rings. The molecule has 29 heavy (non-hydrogen) atoms.